The zero-order valence-corrected chi connectivity index (χ0v) is 13.8. The molecular formula is C16H25ClN2O2. The molecule has 0 heterocycles. The van der Waals surface area contributed by atoms with Gasteiger partial charge in [0.25, 0.3) is 0 Å². The van der Waals surface area contributed by atoms with Gasteiger partial charge in [-0.3, -0.25) is 4.79 Å². The topological polar surface area (TPSA) is 50.4 Å². The van der Waals surface area contributed by atoms with E-state index in [0.29, 0.717) is 36.1 Å². The largest absolute Gasteiger partial charge is 0.492 e. The Morgan fingerprint density at radius 2 is 2.14 bits per heavy atom. The second-order valence-electron chi connectivity index (χ2n) is 5.41. The molecule has 0 bridgehead atoms. The monoisotopic (exact) mass is 312 g/mol. The fraction of sp³-hybridized carbons (Fsp3) is 0.562. The van der Waals surface area contributed by atoms with Crippen LogP contribution >= 0.6 is 11.6 Å². The molecule has 0 spiro atoms. The van der Waals surface area contributed by atoms with Gasteiger partial charge in [-0.1, -0.05) is 31.5 Å². The summed E-state index contributed by atoms with van der Waals surface area (Å²) in [6, 6.07) is 5.81. The highest BCUT2D eigenvalue weighted by Gasteiger charge is 2.04. The van der Waals surface area contributed by atoms with E-state index in [2.05, 4.69) is 24.5 Å². The smallest absolute Gasteiger partial charge is 0.219 e. The van der Waals surface area contributed by atoms with Gasteiger partial charge in [0.05, 0.1) is 11.6 Å². The average Bonchev–Trinajstić information content (AvgIpc) is 2.44. The molecule has 21 heavy (non-hydrogen) atoms. The van der Waals surface area contributed by atoms with E-state index in [-0.39, 0.29) is 5.91 Å². The minimum absolute atomic E-state index is 0.0243. The Morgan fingerprint density at radius 1 is 1.38 bits per heavy atom. The third kappa shape index (κ3) is 7.34. The van der Waals surface area contributed by atoms with E-state index >= 15 is 0 Å². The van der Waals surface area contributed by atoms with Gasteiger partial charge in [0.15, 0.2) is 0 Å². The Hall–Kier alpha value is -1.26. The van der Waals surface area contributed by atoms with Crippen LogP contribution < -0.4 is 15.4 Å². The number of carbonyl (C=O) groups is 1. The molecular weight excluding hydrogens is 288 g/mol. The summed E-state index contributed by atoms with van der Waals surface area (Å²) >= 11 is 6.21. The quantitative estimate of drug-likeness (QED) is 0.689. The van der Waals surface area contributed by atoms with Crippen molar-refractivity contribution in [1.29, 1.82) is 0 Å². The summed E-state index contributed by atoms with van der Waals surface area (Å²) in [5, 5.41) is 6.57. The normalized spacial score (nSPS) is 10.7. The van der Waals surface area contributed by atoms with Crippen molar-refractivity contribution in [3.63, 3.8) is 0 Å². The van der Waals surface area contributed by atoms with Crippen molar-refractivity contribution in [2.45, 2.75) is 33.2 Å². The molecule has 0 radical (unpaired) electrons. The SMILES string of the molecule is CNC(=O)CCCOc1ccc(CNCC(C)C)cc1Cl. The summed E-state index contributed by atoms with van der Waals surface area (Å²) in [5.41, 5.74) is 1.14. The lowest BCUT2D eigenvalue weighted by Crippen LogP contribution is -2.19. The first-order valence-electron chi connectivity index (χ1n) is 7.35. The van der Waals surface area contributed by atoms with Gasteiger partial charge in [0.2, 0.25) is 5.91 Å². The molecule has 0 saturated heterocycles. The standard InChI is InChI=1S/C16H25ClN2O2/c1-12(2)10-19-11-13-6-7-15(14(17)9-13)21-8-4-5-16(20)18-3/h6-7,9,12,19H,4-5,8,10-11H2,1-3H3,(H,18,20). The lowest BCUT2D eigenvalue weighted by molar-refractivity contribution is -0.120. The Morgan fingerprint density at radius 3 is 2.76 bits per heavy atom. The van der Waals surface area contributed by atoms with Crippen molar-refractivity contribution in [1.82, 2.24) is 10.6 Å². The Labute approximate surface area is 132 Å². The fourth-order valence-electron chi connectivity index (χ4n) is 1.82. The van der Waals surface area contributed by atoms with Crippen LogP contribution in [0.3, 0.4) is 0 Å². The van der Waals surface area contributed by atoms with Gasteiger partial charge in [0, 0.05) is 20.0 Å². The number of hydrogen-bond acceptors (Lipinski definition) is 3. The molecule has 0 atom stereocenters. The van der Waals surface area contributed by atoms with Gasteiger partial charge in [-0.25, -0.2) is 0 Å². The molecule has 0 unspecified atom stereocenters. The van der Waals surface area contributed by atoms with E-state index in [9.17, 15) is 4.79 Å². The van der Waals surface area contributed by atoms with Gasteiger partial charge in [0.1, 0.15) is 5.75 Å². The van der Waals surface area contributed by atoms with Crippen molar-refractivity contribution >= 4 is 17.5 Å². The third-order valence-corrected chi connectivity index (χ3v) is 3.26. The van der Waals surface area contributed by atoms with E-state index in [1.807, 2.05) is 18.2 Å². The van der Waals surface area contributed by atoms with E-state index in [0.717, 1.165) is 18.7 Å². The minimum atomic E-state index is 0.0243. The maximum atomic E-state index is 11.1. The summed E-state index contributed by atoms with van der Waals surface area (Å²) in [7, 11) is 1.63. The van der Waals surface area contributed by atoms with Crippen LogP contribution in [0.5, 0.6) is 5.75 Å². The molecule has 1 amide bonds. The summed E-state index contributed by atoms with van der Waals surface area (Å²) in [6.45, 7) is 6.62. The highest BCUT2D eigenvalue weighted by Crippen LogP contribution is 2.25. The molecule has 1 rings (SSSR count). The molecule has 0 aliphatic carbocycles. The minimum Gasteiger partial charge on any atom is -0.492 e. The van der Waals surface area contributed by atoms with Crippen molar-refractivity contribution in [2.24, 2.45) is 5.92 Å². The second kappa shape index (κ2) is 9.64. The van der Waals surface area contributed by atoms with Gasteiger partial charge in [-0.05, 0) is 36.6 Å². The molecule has 4 nitrogen and oxygen atoms in total. The van der Waals surface area contributed by atoms with E-state index in [4.69, 9.17) is 16.3 Å². The van der Waals surface area contributed by atoms with E-state index in [1.165, 1.54) is 0 Å². The summed E-state index contributed by atoms with van der Waals surface area (Å²) < 4.78 is 5.60. The number of nitrogens with one attached hydrogen (secondary N) is 2. The van der Waals surface area contributed by atoms with Crippen molar-refractivity contribution in [3.8, 4) is 5.75 Å². The van der Waals surface area contributed by atoms with Crippen LogP contribution in [-0.4, -0.2) is 26.1 Å². The van der Waals surface area contributed by atoms with E-state index < -0.39 is 0 Å². The molecule has 1 aromatic rings. The highest BCUT2D eigenvalue weighted by atomic mass is 35.5. The Bertz CT molecular complexity index is 450. The Kier molecular flexibility index (Phi) is 8.16. The summed E-state index contributed by atoms with van der Waals surface area (Å²) in [5.74, 6) is 1.32. The van der Waals surface area contributed by atoms with Crippen LogP contribution in [0.15, 0.2) is 18.2 Å². The molecule has 1 aromatic carbocycles. The van der Waals surface area contributed by atoms with Gasteiger partial charge >= 0.3 is 0 Å². The van der Waals surface area contributed by atoms with E-state index in [1.54, 1.807) is 7.05 Å². The molecule has 0 fully saturated rings. The number of rotatable bonds is 9. The van der Waals surface area contributed by atoms with Gasteiger partial charge < -0.3 is 15.4 Å². The third-order valence-electron chi connectivity index (χ3n) is 2.96. The second-order valence-corrected chi connectivity index (χ2v) is 5.82. The van der Waals surface area contributed by atoms with Crippen LogP contribution in [0, 0.1) is 5.92 Å². The zero-order valence-electron chi connectivity index (χ0n) is 13.0. The lowest BCUT2D eigenvalue weighted by Gasteiger charge is -2.11. The lowest BCUT2D eigenvalue weighted by atomic mass is 10.2. The number of carbonyl (C=O) groups excluding carboxylic acids is 1. The summed E-state index contributed by atoms with van der Waals surface area (Å²) in [6.07, 6.45) is 1.14. The highest BCUT2D eigenvalue weighted by molar-refractivity contribution is 6.32. The van der Waals surface area contributed by atoms with Gasteiger partial charge in [-0.15, -0.1) is 0 Å². The Balaban J connectivity index is 2.37. The van der Waals surface area contributed by atoms with Crippen LogP contribution in [0.2, 0.25) is 5.02 Å². The maximum Gasteiger partial charge on any atom is 0.219 e. The van der Waals surface area contributed by atoms with Gasteiger partial charge in [-0.2, -0.15) is 0 Å². The molecule has 5 heteroatoms. The predicted octanol–water partition coefficient (Wildman–Crippen LogP) is 2.99. The molecule has 0 aliphatic rings. The van der Waals surface area contributed by atoms with Crippen molar-refractivity contribution < 1.29 is 9.53 Å². The van der Waals surface area contributed by atoms with Crippen LogP contribution in [0.4, 0.5) is 0 Å². The first-order valence-corrected chi connectivity index (χ1v) is 7.73. The molecule has 118 valence electrons. The number of hydrogen-bond donors (Lipinski definition) is 2. The van der Waals surface area contributed by atoms with Crippen molar-refractivity contribution in [3.05, 3.63) is 28.8 Å². The fourth-order valence-corrected chi connectivity index (χ4v) is 2.07. The summed E-state index contributed by atoms with van der Waals surface area (Å²) in [4.78, 5) is 11.1. The predicted molar refractivity (Wildman–Crippen MR) is 86.8 cm³/mol. The molecule has 0 saturated carbocycles. The maximum absolute atomic E-state index is 11.1. The van der Waals surface area contributed by atoms with Crippen LogP contribution in [0.25, 0.3) is 0 Å². The number of halogens is 1. The molecule has 2 N–H and O–H groups in total. The number of amides is 1. The first-order chi connectivity index (χ1) is 10.0. The average molecular weight is 313 g/mol. The number of ether oxygens (including phenoxy) is 1. The van der Waals surface area contributed by atoms with Crippen LogP contribution in [-0.2, 0) is 11.3 Å². The molecule has 0 aromatic heterocycles. The molecule has 0 aliphatic heterocycles. The van der Waals surface area contributed by atoms with Crippen LogP contribution in [0.1, 0.15) is 32.3 Å². The van der Waals surface area contributed by atoms with Crippen molar-refractivity contribution in [2.75, 3.05) is 20.2 Å². The first kappa shape index (κ1) is 17.8. The zero-order chi connectivity index (χ0) is 15.7. The number of benzene rings is 1.